The van der Waals surface area contributed by atoms with Crippen molar-refractivity contribution in [2.45, 2.75) is 0 Å². The molecule has 12 aromatic rings. The first kappa shape index (κ1) is 28.0. The number of nitrogens with zero attached hydrogens (tertiary/aromatic N) is 4. The maximum Gasteiger partial charge on any atom is 0.165 e. The van der Waals surface area contributed by atoms with Crippen LogP contribution in [0.2, 0.25) is 0 Å². The SMILES string of the molecule is [2H]c1c([2H])c([2H])c(-c2cccc3c2sc2c(-c4nc(-c5ccccc5)nc(-c5cc6ccccc6c6ccccc56)n4)cc(-n4c5ccccc5c5ccccc54)cc23)c([2H])c1[2H]. The summed E-state index contributed by atoms with van der Waals surface area (Å²) < 4.78 is 47.3. The van der Waals surface area contributed by atoms with E-state index < -0.39 is 6.04 Å². The zero-order chi connectivity index (χ0) is 42.5. The molecular formula is C53H32N4S. The van der Waals surface area contributed by atoms with Crippen LogP contribution < -0.4 is 0 Å². The average Bonchev–Trinajstić information content (AvgIpc) is 3.89. The standard InChI is InChI=1S/C53H32N4S/c1-3-16-33(17-4-1)38-26-15-27-43-44-31-36(57-47-28-13-11-24-41(47)42-25-12-14-29-48(42)57)32-46(50(44)58-49(38)43)53-55-51(34-18-5-2-6-19-34)54-52(56-53)45-30-35-20-7-8-21-37(35)39-22-9-10-23-40(39)45/h1-32H/i1D,3D,4D,16D,17D. The first-order chi connectivity index (χ1) is 30.8. The van der Waals surface area contributed by atoms with Gasteiger partial charge < -0.3 is 4.57 Å². The highest BCUT2D eigenvalue weighted by Gasteiger charge is 2.22. The molecule has 5 heteroatoms. The van der Waals surface area contributed by atoms with Crippen LogP contribution in [0.15, 0.2) is 194 Å². The minimum Gasteiger partial charge on any atom is -0.309 e. The van der Waals surface area contributed by atoms with Gasteiger partial charge in [0.05, 0.1) is 17.9 Å². The fourth-order valence-electron chi connectivity index (χ4n) is 8.53. The van der Waals surface area contributed by atoms with E-state index in [1.54, 1.807) is 0 Å². The van der Waals surface area contributed by atoms with E-state index in [1.807, 2.05) is 60.7 Å². The van der Waals surface area contributed by atoms with Gasteiger partial charge in [-0.2, -0.15) is 0 Å². The summed E-state index contributed by atoms with van der Waals surface area (Å²) in [7, 11) is 0. The lowest BCUT2D eigenvalue weighted by atomic mass is 9.97. The van der Waals surface area contributed by atoms with Gasteiger partial charge in [-0.05, 0) is 63.0 Å². The Morgan fingerprint density at radius 1 is 0.397 bits per heavy atom. The van der Waals surface area contributed by atoms with Crippen LogP contribution in [0, 0.1) is 0 Å². The summed E-state index contributed by atoms with van der Waals surface area (Å²) in [5.41, 5.74) is 6.26. The first-order valence-electron chi connectivity index (χ1n) is 21.6. The summed E-state index contributed by atoms with van der Waals surface area (Å²) >= 11 is 1.51. The summed E-state index contributed by atoms with van der Waals surface area (Å²) in [5, 5.41) is 8.44. The van der Waals surface area contributed by atoms with E-state index in [4.69, 9.17) is 21.8 Å². The predicted octanol–water partition coefficient (Wildman–Crippen LogP) is 14.3. The Hall–Kier alpha value is -7.47. The third kappa shape index (κ3) is 5.11. The van der Waals surface area contributed by atoms with Gasteiger partial charge in [-0.1, -0.05) is 164 Å². The number of aromatic nitrogens is 4. The minimum absolute atomic E-state index is 0.166. The third-order valence-corrected chi connectivity index (χ3v) is 12.4. The summed E-state index contributed by atoms with van der Waals surface area (Å²) in [5.74, 6) is 1.56. The topological polar surface area (TPSA) is 43.6 Å². The highest BCUT2D eigenvalue weighted by atomic mass is 32.1. The molecule has 0 aliphatic carbocycles. The van der Waals surface area contributed by atoms with Crippen LogP contribution in [0.25, 0.3) is 115 Å². The molecule has 0 atom stereocenters. The van der Waals surface area contributed by atoms with E-state index in [-0.39, 0.29) is 29.7 Å². The Bertz CT molecular complexity index is 3800. The quantitative estimate of drug-likeness (QED) is 0.164. The van der Waals surface area contributed by atoms with E-state index in [0.29, 0.717) is 23.0 Å². The zero-order valence-electron chi connectivity index (χ0n) is 35.8. The van der Waals surface area contributed by atoms with Crippen LogP contribution in [-0.2, 0) is 0 Å². The van der Waals surface area contributed by atoms with Gasteiger partial charge in [0, 0.05) is 53.3 Å². The van der Waals surface area contributed by atoms with Crippen molar-refractivity contribution in [3.8, 4) is 51.0 Å². The molecule has 12 rings (SSSR count). The van der Waals surface area contributed by atoms with Gasteiger partial charge in [0.2, 0.25) is 0 Å². The van der Waals surface area contributed by atoms with Crippen LogP contribution >= 0.6 is 11.3 Å². The molecule has 3 heterocycles. The van der Waals surface area contributed by atoms with Crippen molar-refractivity contribution in [3.05, 3.63) is 194 Å². The Morgan fingerprint density at radius 3 is 1.74 bits per heavy atom. The maximum absolute atomic E-state index is 8.96. The molecule has 0 unspecified atom stereocenters. The van der Waals surface area contributed by atoms with Gasteiger partial charge in [0.25, 0.3) is 0 Å². The van der Waals surface area contributed by atoms with Crippen LogP contribution in [0.1, 0.15) is 6.85 Å². The molecular weight excluding hydrogens is 725 g/mol. The monoisotopic (exact) mass is 761 g/mol. The zero-order valence-corrected chi connectivity index (χ0v) is 31.6. The summed E-state index contributed by atoms with van der Waals surface area (Å²) in [6.07, 6.45) is 0. The van der Waals surface area contributed by atoms with E-state index in [1.165, 1.54) is 11.3 Å². The smallest absolute Gasteiger partial charge is 0.165 e. The highest BCUT2D eigenvalue weighted by Crippen LogP contribution is 2.46. The van der Waals surface area contributed by atoms with Crippen LogP contribution in [0.4, 0.5) is 0 Å². The van der Waals surface area contributed by atoms with Crippen molar-refractivity contribution >= 4 is 74.9 Å². The molecule has 0 aliphatic rings. The average molecular weight is 762 g/mol. The molecule has 0 N–H and O–H groups in total. The molecule has 4 nitrogen and oxygen atoms in total. The van der Waals surface area contributed by atoms with Gasteiger partial charge in [0.15, 0.2) is 17.5 Å². The number of hydrogen-bond donors (Lipinski definition) is 0. The largest absolute Gasteiger partial charge is 0.309 e. The van der Waals surface area contributed by atoms with E-state index >= 15 is 0 Å². The fourth-order valence-corrected chi connectivity index (χ4v) is 9.85. The van der Waals surface area contributed by atoms with E-state index in [9.17, 15) is 0 Å². The van der Waals surface area contributed by atoms with Crippen molar-refractivity contribution in [1.82, 2.24) is 19.5 Å². The molecule has 0 radical (unpaired) electrons. The minimum atomic E-state index is -0.422. The van der Waals surface area contributed by atoms with Crippen molar-refractivity contribution in [2.24, 2.45) is 0 Å². The molecule has 9 aromatic carbocycles. The van der Waals surface area contributed by atoms with Gasteiger partial charge >= 0.3 is 0 Å². The Labute approximate surface area is 345 Å². The number of thiophene rings is 1. The van der Waals surface area contributed by atoms with Crippen molar-refractivity contribution < 1.29 is 6.85 Å². The van der Waals surface area contributed by atoms with Gasteiger partial charge in [-0.25, -0.2) is 15.0 Å². The number of rotatable bonds is 5. The van der Waals surface area contributed by atoms with E-state index in [0.717, 1.165) is 85.9 Å². The number of fused-ring (bicyclic) bond motifs is 9. The van der Waals surface area contributed by atoms with Crippen LogP contribution in [0.3, 0.4) is 0 Å². The molecule has 0 fully saturated rings. The van der Waals surface area contributed by atoms with Gasteiger partial charge in [-0.3, -0.25) is 0 Å². The van der Waals surface area contributed by atoms with Crippen molar-refractivity contribution in [2.75, 3.05) is 0 Å². The third-order valence-electron chi connectivity index (χ3n) is 11.1. The summed E-state index contributed by atoms with van der Waals surface area (Å²) in [6.45, 7) is 0. The van der Waals surface area contributed by atoms with Gasteiger partial charge in [-0.15, -0.1) is 11.3 Å². The molecule has 0 saturated carbocycles. The predicted molar refractivity (Wildman–Crippen MR) is 244 cm³/mol. The van der Waals surface area contributed by atoms with E-state index in [2.05, 4.69) is 108 Å². The van der Waals surface area contributed by atoms with Gasteiger partial charge in [0.1, 0.15) is 0 Å². The Morgan fingerprint density at radius 2 is 0.983 bits per heavy atom. The molecule has 58 heavy (non-hydrogen) atoms. The highest BCUT2D eigenvalue weighted by molar-refractivity contribution is 7.26. The lowest BCUT2D eigenvalue weighted by molar-refractivity contribution is 1.08. The molecule has 0 spiro atoms. The second-order valence-corrected chi connectivity index (χ2v) is 15.4. The Kier molecular flexibility index (Phi) is 6.30. The normalized spacial score (nSPS) is 13.0. The number of benzene rings is 9. The first-order valence-corrected chi connectivity index (χ1v) is 19.9. The number of para-hydroxylation sites is 2. The summed E-state index contributed by atoms with van der Waals surface area (Å²) in [4.78, 5) is 15.9. The van der Waals surface area contributed by atoms with Crippen molar-refractivity contribution in [1.29, 1.82) is 0 Å². The fraction of sp³-hybridized carbons (Fsp3) is 0. The lowest BCUT2D eigenvalue weighted by Crippen LogP contribution is -2.02. The van der Waals surface area contributed by atoms with Crippen LogP contribution in [-0.4, -0.2) is 19.5 Å². The molecule has 3 aromatic heterocycles. The second kappa shape index (κ2) is 13.1. The molecule has 0 saturated heterocycles. The lowest BCUT2D eigenvalue weighted by Gasteiger charge is -2.14. The Balaban J connectivity index is 1.22. The summed E-state index contributed by atoms with van der Waals surface area (Å²) in [6, 6.07) is 54.2. The maximum atomic E-state index is 8.96. The van der Waals surface area contributed by atoms with Crippen LogP contribution in [0.5, 0.6) is 0 Å². The number of hydrogen-bond acceptors (Lipinski definition) is 4. The molecule has 0 bridgehead atoms. The molecule has 270 valence electrons. The molecule has 0 aliphatic heterocycles. The van der Waals surface area contributed by atoms with Crippen molar-refractivity contribution in [3.63, 3.8) is 0 Å². The second-order valence-electron chi connectivity index (χ2n) is 14.4. The molecule has 0 amide bonds.